The number of fused-ring (bicyclic) bond motifs is 1. The van der Waals surface area contributed by atoms with Crippen LogP contribution in [0.15, 0.2) is 17.1 Å². The van der Waals surface area contributed by atoms with Gasteiger partial charge in [-0.1, -0.05) is 18.3 Å². The van der Waals surface area contributed by atoms with Crippen LogP contribution < -0.4 is 5.32 Å². The number of nitrogens with zero attached hydrogens (tertiary/aromatic N) is 1. The number of aliphatic hydroxyl groups excluding tert-OH is 2. The lowest BCUT2D eigenvalue weighted by molar-refractivity contribution is -0.142. The van der Waals surface area contributed by atoms with E-state index in [-0.39, 0.29) is 11.5 Å². The number of hydrogen-bond donors (Lipinski definition) is 3. The van der Waals surface area contributed by atoms with E-state index in [1.54, 1.807) is 14.0 Å². The van der Waals surface area contributed by atoms with Crippen LogP contribution in [-0.4, -0.2) is 52.2 Å². The Morgan fingerprint density at radius 1 is 1.50 bits per heavy atom. The first kappa shape index (κ1) is 11.9. The molecule has 1 unspecified atom stereocenters. The molecule has 0 aliphatic carbocycles. The second kappa shape index (κ2) is 4.37. The molecule has 2 aliphatic heterocycles. The molecule has 2 aliphatic rings. The van der Waals surface area contributed by atoms with Crippen LogP contribution in [0.3, 0.4) is 0 Å². The summed E-state index contributed by atoms with van der Waals surface area (Å²) in [6, 6.07) is -0.311. The molecule has 0 spiro atoms. The van der Waals surface area contributed by atoms with E-state index in [2.05, 4.69) is 16.9 Å². The fourth-order valence-corrected chi connectivity index (χ4v) is 3.01. The topological polar surface area (TPSA) is 74.1 Å². The summed E-state index contributed by atoms with van der Waals surface area (Å²) in [4.78, 5) is 4.01. The van der Waals surface area contributed by atoms with Crippen molar-refractivity contribution in [2.24, 2.45) is 4.99 Å². The van der Waals surface area contributed by atoms with Crippen molar-refractivity contribution in [3.63, 3.8) is 0 Å². The number of rotatable bonds is 1. The summed E-state index contributed by atoms with van der Waals surface area (Å²) in [5, 5.41) is 23.6. The second-order valence-electron chi connectivity index (χ2n) is 4.07. The van der Waals surface area contributed by atoms with E-state index in [4.69, 9.17) is 4.74 Å². The Hall–Kier alpha value is -0.560. The Balaban J connectivity index is 2.18. The second-order valence-corrected chi connectivity index (χ2v) is 5.16. The fourth-order valence-electron chi connectivity index (χ4n) is 1.93. The number of aliphatic imine (C=N–C) groups is 1. The van der Waals surface area contributed by atoms with Crippen LogP contribution in [0.1, 0.15) is 6.92 Å². The monoisotopic (exact) mass is 244 g/mol. The highest BCUT2D eigenvalue weighted by atomic mass is 32.2. The highest BCUT2D eigenvalue weighted by Crippen LogP contribution is 2.35. The quantitative estimate of drug-likeness (QED) is 0.552. The van der Waals surface area contributed by atoms with E-state index in [0.29, 0.717) is 5.57 Å². The van der Waals surface area contributed by atoms with Gasteiger partial charge in [0.1, 0.15) is 23.7 Å². The highest BCUT2D eigenvalue weighted by molar-refractivity contribution is 8.14. The fraction of sp³-hybridized carbons (Fsp3) is 0.700. The molecule has 2 heterocycles. The van der Waals surface area contributed by atoms with Crippen molar-refractivity contribution in [1.82, 2.24) is 5.32 Å². The molecule has 0 radical (unpaired) electrons. The number of hydrogen-bond acceptors (Lipinski definition) is 5. The molecular formula is C10H16N2O3S. The molecule has 90 valence electrons. The van der Waals surface area contributed by atoms with Gasteiger partial charge >= 0.3 is 0 Å². The molecule has 6 heteroatoms. The average molecular weight is 244 g/mol. The van der Waals surface area contributed by atoms with Crippen LogP contribution in [0.5, 0.6) is 0 Å². The number of aliphatic hydroxyl groups is 2. The lowest BCUT2D eigenvalue weighted by atomic mass is 9.94. The van der Waals surface area contributed by atoms with Crippen molar-refractivity contribution in [1.29, 1.82) is 0 Å². The van der Waals surface area contributed by atoms with E-state index in [1.807, 2.05) is 0 Å². The Morgan fingerprint density at radius 2 is 2.19 bits per heavy atom. The van der Waals surface area contributed by atoms with Crippen molar-refractivity contribution in [3.8, 4) is 0 Å². The van der Waals surface area contributed by atoms with E-state index in [1.165, 1.54) is 11.8 Å². The minimum absolute atomic E-state index is 0.223. The number of nitrogens with one attached hydrogen (secondary N) is 1. The van der Waals surface area contributed by atoms with Gasteiger partial charge < -0.3 is 20.3 Å². The zero-order valence-electron chi connectivity index (χ0n) is 9.25. The Morgan fingerprint density at radius 3 is 2.75 bits per heavy atom. The van der Waals surface area contributed by atoms with E-state index in [0.717, 1.165) is 5.17 Å². The summed E-state index contributed by atoms with van der Waals surface area (Å²) >= 11 is 1.43. The Labute approximate surface area is 98.6 Å². The van der Waals surface area contributed by atoms with Crippen molar-refractivity contribution in [3.05, 3.63) is 12.2 Å². The molecule has 5 atom stereocenters. The van der Waals surface area contributed by atoms with Gasteiger partial charge in [-0.15, -0.1) is 0 Å². The molecule has 3 N–H and O–H groups in total. The van der Waals surface area contributed by atoms with Crippen LogP contribution in [0.2, 0.25) is 0 Å². The largest absolute Gasteiger partial charge is 0.388 e. The third-order valence-electron chi connectivity index (χ3n) is 2.81. The molecule has 5 nitrogen and oxygen atoms in total. The minimum atomic E-state index is -0.942. The summed E-state index contributed by atoms with van der Waals surface area (Å²) in [6.45, 7) is 5.54. The van der Waals surface area contributed by atoms with Crippen molar-refractivity contribution in [2.75, 3.05) is 7.05 Å². The molecule has 2 fully saturated rings. The summed E-state index contributed by atoms with van der Waals surface area (Å²) < 4.78 is 5.70. The molecular weight excluding hydrogens is 228 g/mol. The van der Waals surface area contributed by atoms with E-state index >= 15 is 0 Å². The zero-order chi connectivity index (χ0) is 11.9. The molecule has 0 amide bonds. The maximum absolute atomic E-state index is 9.98. The maximum atomic E-state index is 9.98. The van der Waals surface area contributed by atoms with Gasteiger partial charge in [0.15, 0.2) is 5.17 Å². The first-order chi connectivity index (χ1) is 7.54. The maximum Gasteiger partial charge on any atom is 0.159 e. The molecule has 0 bridgehead atoms. The first-order valence-electron chi connectivity index (χ1n) is 5.11. The van der Waals surface area contributed by atoms with Crippen LogP contribution in [0, 0.1) is 0 Å². The SMILES string of the molecule is C=C(C)C1O[C@@H]2SC(=NC)N[C@@H]2[C@@H](O)[C@@H]1O. The Bertz CT molecular complexity index is 334. The standard InChI is InChI=1S/C10H16N2O3S/c1-4(2)8-7(14)6(13)5-9(15-8)16-10(11-3)12-5/h5-9,13-14H,1H2,2-3H3,(H,11,12)/t5-,6-,7+,8?,9-/m1/s1. The predicted octanol–water partition coefficient (Wildman–Crippen LogP) is -0.300. The van der Waals surface area contributed by atoms with Crippen LogP contribution >= 0.6 is 11.8 Å². The normalized spacial score (nSPS) is 45.2. The number of amidine groups is 1. The van der Waals surface area contributed by atoms with Gasteiger partial charge in [0.25, 0.3) is 0 Å². The number of thioether (sulfide) groups is 1. The number of ether oxygens (including phenoxy) is 1. The zero-order valence-corrected chi connectivity index (χ0v) is 10.1. The summed E-state index contributed by atoms with van der Waals surface area (Å²) in [5.74, 6) is 0. The Kier molecular flexibility index (Phi) is 3.25. The summed E-state index contributed by atoms with van der Waals surface area (Å²) in [6.07, 6.45) is -2.32. The van der Waals surface area contributed by atoms with Gasteiger partial charge in [0.05, 0.1) is 6.04 Å². The molecule has 16 heavy (non-hydrogen) atoms. The molecule has 2 rings (SSSR count). The van der Waals surface area contributed by atoms with Crippen molar-refractivity contribution in [2.45, 2.75) is 36.7 Å². The van der Waals surface area contributed by atoms with Gasteiger partial charge in [-0.3, -0.25) is 4.99 Å². The molecule has 0 aromatic carbocycles. The summed E-state index contributed by atoms with van der Waals surface area (Å²) in [5.41, 5.74) is 0.492. The van der Waals surface area contributed by atoms with E-state index < -0.39 is 18.3 Å². The highest BCUT2D eigenvalue weighted by Gasteiger charge is 2.48. The lowest BCUT2D eigenvalue weighted by Gasteiger charge is -2.39. The first-order valence-corrected chi connectivity index (χ1v) is 5.99. The van der Waals surface area contributed by atoms with Gasteiger partial charge in [0.2, 0.25) is 0 Å². The lowest BCUT2D eigenvalue weighted by Crippen LogP contribution is -2.58. The molecule has 0 aromatic rings. The van der Waals surface area contributed by atoms with Crippen molar-refractivity contribution >= 4 is 16.9 Å². The molecule has 0 saturated carbocycles. The molecule has 2 saturated heterocycles. The van der Waals surface area contributed by atoms with Gasteiger partial charge in [-0.05, 0) is 12.5 Å². The predicted molar refractivity (Wildman–Crippen MR) is 63.4 cm³/mol. The summed E-state index contributed by atoms with van der Waals surface area (Å²) in [7, 11) is 1.67. The van der Waals surface area contributed by atoms with Gasteiger partial charge in [-0.2, -0.15) is 0 Å². The van der Waals surface area contributed by atoms with Crippen molar-refractivity contribution < 1.29 is 14.9 Å². The third-order valence-corrected chi connectivity index (χ3v) is 3.97. The van der Waals surface area contributed by atoms with Crippen LogP contribution in [-0.2, 0) is 4.74 Å². The average Bonchev–Trinajstić information content (AvgIpc) is 2.66. The smallest absolute Gasteiger partial charge is 0.159 e. The van der Waals surface area contributed by atoms with Gasteiger partial charge in [-0.25, -0.2) is 0 Å². The molecule has 0 aromatic heterocycles. The van der Waals surface area contributed by atoms with Crippen LogP contribution in [0.4, 0.5) is 0 Å². The van der Waals surface area contributed by atoms with Crippen LogP contribution in [0.25, 0.3) is 0 Å². The van der Waals surface area contributed by atoms with Gasteiger partial charge in [0, 0.05) is 7.05 Å². The third kappa shape index (κ3) is 1.86. The minimum Gasteiger partial charge on any atom is -0.388 e. The van der Waals surface area contributed by atoms with E-state index in [9.17, 15) is 10.2 Å².